The van der Waals surface area contributed by atoms with Gasteiger partial charge in [0.25, 0.3) is 5.56 Å². The lowest BCUT2D eigenvalue weighted by molar-refractivity contribution is 0.117. The minimum atomic E-state index is -1.15. The molecule has 0 radical (unpaired) electrons. The van der Waals surface area contributed by atoms with Crippen molar-refractivity contribution in [1.29, 1.82) is 0 Å². The summed E-state index contributed by atoms with van der Waals surface area (Å²) in [5.74, 6) is 0. The summed E-state index contributed by atoms with van der Waals surface area (Å²) in [6, 6.07) is 9.79. The zero-order valence-corrected chi connectivity index (χ0v) is 14.1. The van der Waals surface area contributed by atoms with E-state index in [1.165, 1.54) is 22.5 Å². The molecule has 128 valence electrons. The molecule has 0 amide bonds. The number of aromatic amines is 1. The molecule has 0 aliphatic carbocycles. The van der Waals surface area contributed by atoms with Crippen molar-refractivity contribution in [2.75, 3.05) is 6.61 Å². The van der Waals surface area contributed by atoms with E-state index in [1.54, 1.807) is 6.92 Å². The molecular formula is C17H19FN2O3S. The minimum absolute atomic E-state index is 0.0205. The van der Waals surface area contributed by atoms with E-state index in [1.807, 2.05) is 30.3 Å². The van der Waals surface area contributed by atoms with Crippen LogP contribution in [0.2, 0.25) is 0 Å². The summed E-state index contributed by atoms with van der Waals surface area (Å²) in [6.07, 6.45) is 0.608. The predicted molar refractivity (Wildman–Crippen MR) is 92.1 cm³/mol. The number of halogens is 1. The van der Waals surface area contributed by atoms with Crippen LogP contribution in [-0.2, 0) is 11.3 Å². The third-order valence-corrected chi connectivity index (χ3v) is 5.48. The van der Waals surface area contributed by atoms with E-state index in [4.69, 9.17) is 4.74 Å². The Balaban J connectivity index is 1.62. The van der Waals surface area contributed by atoms with E-state index >= 15 is 0 Å². The Kier molecular flexibility index (Phi) is 5.20. The van der Waals surface area contributed by atoms with Crippen molar-refractivity contribution in [1.82, 2.24) is 9.55 Å². The smallest absolute Gasteiger partial charge is 0.329 e. The zero-order chi connectivity index (χ0) is 17.1. The van der Waals surface area contributed by atoms with Gasteiger partial charge in [-0.15, -0.1) is 11.8 Å². The van der Waals surface area contributed by atoms with Crippen LogP contribution in [0.1, 0.15) is 22.9 Å². The third-order valence-electron chi connectivity index (χ3n) is 3.96. The fraction of sp³-hybridized carbons (Fsp3) is 0.412. The Hall–Kier alpha value is -1.86. The highest BCUT2D eigenvalue weighted by Crippen LogP contribution is 2.42. The van der Waals surface area contributed by atoms with Gasteiger partial charge in [-0.25, -0.2) is 9.18 Å². The third kappa shape index (κ3) is 3.79. The average molecular weight is 350 g/mol. The maximum absolute atomic E-state index is 14.4. The Morgan fingerprint density at radius 1 is 1.33 bits per heavy atom. The van der Waals surface area contributed by atoms with Crippen LogP contribution in [0.3, 0.4) is 0 Å². The molecule has 2 heterocycles. The molecule has 7 heteroatoms. The maximum Gasteiger partial charge on any atom is 0.329 e. The van der Waals surface area contributed by atoms with Gasteiger partial charge in [0.15, 0.2) is 0 Å². The lowest BCUT2D eigenvalue weighted by atomic mass is 10.2. The largest absolute Gasteiger partial charge is 0.376 e. The number of H-pyrrole nitrogens is 1. The SMILES string of the molecule is Cc1cn([C@H]2S[C@H](COCc3ccccc3)CC2F)c(=O)[nH]c1=O. The van der Waals surface area contributed by atoms with Crippen LogP contribution in [0, 0.1) is 6.92 Å². The number of thioether (sulfide) groups is 1. The molecule has 1 aromatic heterocycles. The van der Waals surface area contributed by atoms with Gasteiger partial charge in [0.05, 0.1) is 13.2 Å². The standard InChI is InChI=1S/C17H19FN2O3S/c1-11-8-20(17(22)19-15(11)21)16-14(18)7-13(24-16)10-23-9-12-5-3-2-4-6-12/h2-6,8,13-14,16H,7,9-10H2,1H3,(H,19,21,22)/t13-,14?,16-/m0/s1. The van der Waals surface area contributed by atoms with Crippen molar-refractivity contribution in [2.24, 2.45) is 0 Å². The summed E-state index contributed by atoms with van der Waals surface area (Å²) in [5, 5.41) is -0.647. The molecule has 2 aromatic rings. The van der Waals surface area contributed by atoms with Gasteiger partial charge < -0.3 is 4.74 Å². The van der Waals surface area contributed by atoms with Crippen molar-refractivity contribution in [3.63, 3.8) is 0 Å². The summed E-state index contributed by atoms with van der Waals surface area (Å²) in [4.78, 5) is 25.6. The van der Waals surface area contributed by atoms with E-state index in [2.05, 4.69) is 4.98 Å². The van der Waals surface area contributed by atoms with Crippen LogP contribution in [0.15, 0.2) is 46.1 Å². The van der Waals surface area contributed by atoms with Crippen LogP contribution in [0.5, 0.6) is 0 Å². The second-order valence-corrected chi connectivity index (χ2v) is 7.30. The second-order valence-electron chi connectivity index (χ2n) is 5.88. The first-order chi connectivity index (χ1) is 11.5. The van der Waals surface area contributed by atoms with Gasteiger partial charge in [-0.2, -0.15) is 0 Å². The van der Waals surface area contributed by atoms with Crippen LogP contribution >= 0.6 is 11.8 Å². The quantitative estimate of drug-likeness (QED) is 0.899. The molecular weight excluding hydrogens is 331 g/mol. The van der Waals surface area contributed by atoms with Gasteiger partial charge in [-0.05, 0) is 18.9 Å². The van der Waals surface area contributed by atoms with E-state index in [9.17, 15) is 14.0 Å². The number of aromatic nitrogens is 2. The summed E-state index contributed by atoms with van der Waals surface area (Å²) in [5.41, 5.74) is 0.460. The van der Waals surface area contributed by atoms with Crippen molar-refractivity contribution < 1.29 is 9.13 Å². The molecule has 1 fully saturated rings. The molecule has 0 spiro atoms. The van der Waals surface area contributed by atoms with E-state index in [-0.39, 0.29) is 5.25 Å². The number of ether oxygens (including phenoxy) is 1. The van der Waals surface area contributed by atoms with Gasteiger partial charge >= 0.3 is 5.69 Å². The predicted octanol–water partition coefficient (Wildman–Crippen LogP) is 2.40. The highest BCUT2D eigenvalue weighted by molar-refractivity contribution is 8.00. The number of hydrogen-bond donors (Lipinski definition) is 1. The first kappa shape index (κ1) is 17.0. The van der Waals surface area contributed by atoms with Crippen molar-refractivity contribution >= 4 is 11.8 Å². The fourth-order valence-electron chi connectivity index (χ4n) is 2.71. The van der Waals surface area contributed by atoms with Crippen LogP contribution in [0.4, 0.5) is 4.39 Å². The highest BCUT2D eigenvalue weighted by Gasteiger charge is 2.37. The zero-order valence-electron chi connectivity index (χ0n) is 13.3. The Morgan fingerprint density at radius 3 is 2.83 bits per heavy atom. The lowest BCUT2D eigenvalue weighted by Gasteiger charge is -2.16. The van der Waals surface area contributed by atoms with E-state index in [0.717, 1.165) is 5.56 Å². The van der Waals surface area contributed by atoms with Gasteiger partial charge in [-0.3, -0.25) is 14.3 Å². The maximum atomic E-state index is 14.4. The fourth-order valence-corrected chi connectivity index (χ4v) is 4.14. The molecule has 1 saturated heterocycles. The number of nitrogens with one attached hydrogen (secondary N) is 1. The van der Waals surface area contributed by atoms with Crippen molar-refractivity contribution in [3.05, 3.63) is 68.5 Å². The van der Waals surface area contributed by atoms with Crippen LogP contribution in [0.25, 0.3) is 0 Å². The summed E-state index contributed by atoms with van der Waals surface area (Å²) < 4.78 is 21.3. The number of hydrogen-bond acceptors (Lipinski definition) is 4. The topological polar surface area (TPSA) is 64.1 Å². The molecule has 5 nitrogen and oxygen atoms in total. The van der Waals surface area contributed by atoms with E-state index < -0.39 is 22.8 Å². The molecule has 1 aliphatic heterocycles. The number of benzene rings is 1. The molecule has 3 rings (SSSR count). The molecule has 24 heavy (non-hydrogen) atoms. The lowest BCUT2D eigenvalue weighted by Crippen LogP contribution is -2.34. The van der Waals surface area contributed by atoms with Gasteiger partial charge in [0, 0.05) is 17.0 Å². The summed E-state index contributed by atoms with van der Waals surface area (Å²) >= 11 is 1.38. The summed E-state index contributed by atoms with van der Waals surface area (Å²) in [7, 11) is 0. The van der Waals surface area contributed by atoms with Crippen LogP contribution in [-0.4, -0.2) is 27.6 Å². The Morgan fingerprint density at radius 2 is 2.08 bits per heavy atom. The molecule has 0 bridgehead atoms. The van der Waals surface area contributed by atoms with Crippen LogP contribution < -0.4 is 11.2 Å². The normalized spacial score (nSPS) is 23.5. The Bertz CT molecular complexity index is 805. The Labute approximate surface area is 142 Å². The minimum Gasteiger partial charge on any atom is -0.376 e. The monoisotopic (exact) mass is 350 g/mol. The first-order valence-electron chi connectivity index (χ1n) is 7.78. The molecule has 0 saturated carbocycles. The van der Waals surface area contributed by atoms with E-state index in [0.29, 0.717) is 25.2 Å². The molecule has 1 aliphatic rings. The molecule has 1 aromatic carbocycles. The second kappa shape index (κ2) is 7.36. The molecule has 3 atom stereocenters. The van der Waals surface area contributed by atoms with Crippen molar-refractivity contribution in [2.45, 2.75) is 36.7 Å². The van der Waals surface area contributed by atoms with Gasteiger partial charge in [0.1, 0.15) is 11.5 Å². The average Bonchev–Trinajstić information content (AvgIpc) is 2.92. The first-order valence-corrected chi connectivity index (χ1v) is 8.72. The van der Waals surface area contributed by atoms with Gasteiger partial charge in [0.2, 0.25) is 0 Å². The summed E-state index contributed by atoms with van der Waals surface area (Å²) in [6.45, 7) is 2.51. The molecule has 1 N–H and O–H groups in total. The molecule has 1 unspecified atom stereocenters. The highest BCUT2D eigenvalue weighted by atomic mass is 32.2. The van der Waals surface area contributed by atoms with Gasteiger partial charge in [-0.1, -0.05) is 30.3 Å². The number of aryl methyl sites for hydroxylation is 1. The number of rotatable bonds is 5. The number of nitrogens with zero attached hydrogens (tertiary/aromatic N) is 1. The number of alkyl halides is 1. The van der Waals surface area contributed by atoms with Crippen molar-refractivity contribution in [3.8, 4) is 0 Å².